The second-order valence-corrected chi connectivity index (χ2v) is 9.48. The number of anilines is 1. The fourth-order valence-corrected chi connectivity index (χ4v) is 5.30. The summed E-state index contributed by atoms with van der Waals surface area (Å²) in [5.74, 6) is 1.29. The number of benzene rings is 2. The van der Waals surface area contributed by atoms with Crippen LogP contribution in [-0.2, 0) is 26.0 Å². The standard InChI is InChI=1S/C23H30N2O7S/c1-16-5-7-18(15-21(16)33(27,28)25-9-11-32-12-10-25)24-22(26)8-6-17-13-19(29-2)23(31-4)20(14-17)30-3/h5,7,13-15H,6,8-12H2,1-4H3,(H,24,26). The lowest BCUT2D eigenvalue weighted by Crippen LogP contribution is -2.40. The highest BCUT2D eigenvalue weighted by molar-refractivity contribution is 7.89. The minimum absolute atomic E-state index is 0.187. The lowest BCUT2D eigenvalue weighted by Gasteiger charge is -2.26. The number of nitrogens with one attached hydrogen (secondary N) is 1. The molecule has 1 fully saturated rings. The van der Waals surface area contributed by atoms with Gasteiger partial charge in [0.1, 0.15) is 0 Å². The second-order valence-electron chi connectivity index (χ2n) is 7.58. The van der Waals surface area contributed by atoms with Crippen LogP contribution in [0.3, 0.4) is 0 Å². The van der Waals surface area contributed by atoms with Crippen molar-refractivity contribution in [1.82, 2.24) is 4.31 Å². The Hall–Kier alpha value is -2.82. The van der Waals surface area contributed by atoms with Crippen LogP contribution < -0.4 is 19.5 Å². The molecule has 1 aliphatic heterocycles. The summed E-state index contributed by atoms with van der Waals surface area (Å²) in [5, 5.41) is 2.80. The lowest BCUT2D eigenvalue weighted by atomic mass is 10.1. The quantitative estimate of drug-likeness (QED) is 0.591. The third-order valence-corrected chi connectivity index (χ3v) is 7.47. The summed E-state index contributed by atoms with van der Waals surface area (Å²) in [6.07, 6.45) is 0.630. The van der Waals surface area contributed by atoms with Gasteiger partial charge in [-0.3, -0.25) is 4.79 Å². The first kappa shape index (κ1) is 24.8. The summed E-state index contributed by atoms with van der Waals surface area (Å²) >= 11 is 0. The first-order valence-electron chi connectivity index (χ1n) is 10.6. The van der Waals surface area contributed by atoms with Crippen LogP contribution in [0.4, 0.5) is 5.69 Å². The Kier molecular flexibility index (Phi) is 8.17. The van der Waals surface area contributed by atoms with Crippen molar-refractivity contribution < 1.29 is 32.2 Å². The van der Waals surface area contributed by atoms with E-state index in [-0.39, 0.29) is 17.2 Å². The van der Waals surface area contributed by atoms with Crippen LogP contribution in [0, 0.1) is 6.92 Å². The fraction of sp³-hybridized carbons (Fsp3) is 0.435. The van der Waals surface area contributed by atoms with Crippen LogP contribution in [0.2, 0.25) is 0 Å². The van der Waals surface area contributed by atoms with Crippen molar-refractivity contribution >= 4 is 21.6 Å². The predicted octanol–water partition coefficient (Wildman–Crippen LogP) is 2.61. The molecule has 180 valence electrons. The first-order valence-corrected chi connectivity index (χ1v) is 12.0. The number of nitrogens with zero attached hydrogens (tertiary/aromatic N) is 1. The summed E-state index contributed by atoms with van der Waals surface area (Å²) < 4.78 is 48.8. The van der Waals surface area contributed by atoms with Gasteiger partial charge in [0.05, 0.1) is 39.4 Å². The molecule has 0 saturated carbocycles. The predicted molar refractivity (Wildman–Crippen MR) is 124 cm³/mol. The average Bonchev–Trinajstić information content (AvgIpc) is 2.83. The van der Waals surface area contributed by atoms with Gasteiger partial charge < -0.3 is 24.3 Å². The molecule has 9 nitrogen and oxygen atoms in total. The summed E-state index contributed by atoms with van der Waals surface area (Å²) in [6, 6.07) is 8.51. The molecule has 0 unspecified atom stereocenters. The van der Waals surface area contributed by atoms with Crippen LogP contribution >= 0.6 is 0 Å². The summed E-state index contributed by atoms with van der Waals surface area (Å²) in [4.78, 5) is 12.8. The molecule has 10 heteroatoms. The van der Waals surface area contributed by atoms with Crippen molar-refractivity contribution in [2.45, 2.75) is 24.7 Å². The number of carbonyl (C=O) groups is 1. The number of ether oxygens (including phenoxy) is 4. The Morgan fingerprint density at radius 3 is 2.24 bits per heavy atom. The van der Waals surface area contributed by atoms with E-state index in [1.807, 2.05) is 0 Å². The highest BCUT2D eigenvalue weighted by Gasteiger charge is 2.28. The van der Waals surface area contributed by atoms with E-state index in [1.165, 1.54) is 31.7 Å². The van der Waals surface area contributed by atoms with E-state index >= 15 is 0 Å². The molecule has 0 bridgehead atoms. The molecule has 33 heavy (non-hydrogen) atoms. The largest absolute Gasteiger partial charge is 0.493 e. The molecule has 1 aliphatic rings. The van der Waals surface area contributed by atoms with Gasteiger partial charge in [0.25, 0.3) is 0 Å². The van der Waals surface area contributed by atoms with Crippen molar-refractivity contribution in [3.05, 3.63) is 41.5 Å². The maximum Gasteiger partial charge on any atom is 0.243 e. The third kappa shape index (κ3) is 5.76. The van der Waals surface area contributed by atoms with Crippen LogP contribution in [-0.4, -0.2) is 66.3 Å². The van der Waals surface area contributed by atoms with Gasteiger partial charge in [0, 0.05) is 25.2 Å². The molecule has 0 atom stereocenters. The van der Waals surface area contributed by atoms with E-state index in [2.05, 4.69) is 5.32 Å². The molecule has 2 aromatic carbocycles. The van der Waals surface area contributed by atoms with E-state index in [0.29, 0.717) is 61.2 Å². The van der Waals surface area contributed by atoms with Gasteiger partial charge >= 0.3 is 0 Å². The van der Waals surface area contributed by atoms with Crippen LogP contribution in [0.5, 0.6) is 17.2 Å². The highest BCUT2D eigenvalue weighted by atomic mass is 32.2. The van der Waals surface area contributed by atoms with E-state index < -0.39 is 10.0 Å². The van der Waals surface area contributed by atoms with Gasteiger partial charge in [-0.25, -0.2) is 8.42 Å². The molecule has 1 heterocycles. The zero-order chi connectivity index (χ0) is 24.0. The Labute approximate surface area is 194 Å². The fourth-order valence-electron chi connectivity index (χ4n) is 3.64. The van der Waals surface area contributed by atoms with E-state index in [4.69, 9.17) is 18.9 Å². The summed E-state index contributed by atoms with van der Waals surface area (Å²) in [5.41, 5.74) is 1.90. The SMILES string of the molecule is COc1cc(CCC(=O)Nc2ccc(C)c(S(=O)(=O)N3CCOCC3)c2)cc(OC)c1OC. The molecule has 0 aliphatic carbocycles. The zero-order valence-electron chi connectivity index (χ0n) is 19.3. The Morgan fingerprint density at radius 2 is 1.67 bits per heavy atom. The number of hydrogen-bond acceptors (Lipinski definition) is 7. The number of methoxy groups -OCH3 is 3. The molecule has 0 radical (unpaired) electrons. The second kappa shape index (κ2) is 10.9. The van der Waals surface area contributed by atoms with Crippen molar-refractivity contribution in [2.75, 3.05) is 52.9 Å². The van der Waals surface area contributed by atoms with Crippen molar-refractivity contribution in [2.24, 2.45) is 0 Å². The van der Waals surface area contributed by atoms with E-state index in [0.717, 1.165) is 5.56 Å². The minimum Gasteiger partial charge on any atom is -0.493 e. The Balaban J connectivity index is 1.71. The van der Waals surface area contributed by atoms with Crippen molar-refractivity contribution in [1.29, 1.82) is 0 Å². The molecule has 1 amide bonds. The van der Waals surface area contributed by atoms with E-state index in [1.54, 1.807) is 31.2 Å². The van der Waals surface area contributed by atoms with E-state index in [9.17, 15) is 13.2 Å². The van der Waals surface area contributed by atoms with Gasteiger partial charge in [-0.05, 0) is 48.7 Å². The van der Waals surface area contributed by atoms with Gasteiger partial charge in [0.2, 0.25) is 21.7 Å². The number of amides is 1. The molecule has 2 aromatic rings. The third-order valence-electron chi connectivity index (χ3n) is 5.43. The van der Waals surface area contributed by atoms with Crippen LogP contribution in [0.1, 0.15) is 17.5 Å². The minimum atomic E-state index is -3.67. The zero-order valence-corrected chi connectivity index (χ0v) is 20.2. The smallest absolute Gasteiger partial charge is 0.243 e. The maximum atomic E-state index is 13.1. The Morgan fingerprint density at radius 1 is 1.03 bits per heavy atom. The number of hydrogen-bond donors (Lipinski definition) is 1. The molecule has 1 saturated heterocycles. The highest BCUT2D eigenvalue weighted by Crippen LogP contribution is 2.38. The number of rotatable bonds is 9. The number of carbonyl (C=O) groups excluding carboxylic acids is 1. The summed E-state index contributed by atoms with van der Waals surface area (Å²) in [7, 11) is 0.935. The topological polar surface area (TPSA) is 103 Å². The van der Waals surface area contributed by atoms with Crippen molar-refractivity contribution in [3.8, 4) is 17.2 Å². The number of morpholine rings is 1. The van der Waals surface area contributed by atoms with Crippen LogP contribution in [0.25, 0.3) is 0 Å². The Bertz CT molecular complexity index is 1070. The molecular formula is C23H30N2O7S. The molecule has 0 aromatic heterocycles. The van der Waals surface area contributed by atoms with Gasteiger partial charge in [-0.1, -0.05) is 6.07 Å². The van der Waals surface area contributed by atoms with Crippen LogP contribution in [0.15, 0.2) is 35.2 Å². The first-order chi connectivity index (χ1) is 15.8. The van der Waals surface area contributed by atoms with Gasteiger partial charge in [-0.2, -0.15) is 4.31 Å². The van der Waals surface area contributed by atoms with Gasteiger partial charge in [-0.15, -0.1) is 0 Å². The molecule has 3 rings (SSSR count). The molecule has 0 spiro atoms. The molecular weight excluding hydrogens is 448 g/mol. The molecule has 1 N–H and O–H groups in total. The normalized spacial score (nSPS) is 14.5. The maximum absolute atomic E-state index is 13.1. The van der Waals surface area contributed by atoms with Crippen molar-refractivity contribution in [3.63, 3.8) is 0 Å². The van der Waals surface area contributed by atoms with Gasteiger partial charge in [0.15, 0.2) is 11.5 Å². The summed E-state index contributed by atoms with van der Waals surface area (Å²) in [6.45, 7) is 3.11. The monoisotopic (exact) mass is 478 g/mol. The number of sulfonamides is 1. The average molecular weight is 479 g/mol. The number of aryl methyl sites for hydroxylation is 2. The lowest BCUT2D eigenvalue weighted by molar-refractivity contribution is -0.116.